The molecule has 2 unspecified atom stereocenters. The van der Waals surface area contributed by atoms with Gasteiger partial charge in [-0.2, -0.15) is 0 Å². The van der Waals surface area contributed by atoms with Crippen molar-refractivity contribution in [2.24, 2.45) is 0 Å². The van der Waals surface area contributed by atoms with Crippen LogP contribution in [-0.2, 0) is 0 Å². The van der Waals surface area contributed by atoms with Crippen molar-refractivity contribution in [1.82, 2.24) is 9.80 Å². The number of halogens is 1. The highest BCUT2D eigenvalue weighted by atomic mass is 19.1. The largest absolute Gasteiger partial charge is 0.389 e. The summed E-state index contributed by atoms with van der Waals surface area (Å²) in [6.07, 6.45) is -0.814. The van der Waals surface area contributed by atoms with Crippen LogP contribution in [0.15, 0.2) is 0 Å². The van der Waals surface area contributed by atoms with Gasteiger partial charge in [0.15, 0.2) is 0 Å². The second kappa shape index (κ2) is 4.88. The van der Waals surface area contributed by atoms with E-state index in [1.54, 1.807) is 0 Å². The van der Waals surface area contributed by atoms with E-state index >= 15 is 0 Å². The minimum Gasteiger partial charge on any atom is -0.389 e. The molecule has 0 spiro atoms. The van der Waals surface area contributed by atoms with Crippen LogP contribution in [0, 0.1) is 0 Å². The number of aliphatic hydroxyl groups is 1. The van der Waals surface area contributed by atoms with Gasteiger partial charge in [0, 0.05) is 32.2 Å². The van der Waals surface area contributed by atoms with Crippen LogP contribution in [0.1, 0.15) is 6.92 Å². The van der Waals surface area contributed by atoms with Gasteiger partial charge < -0.3 is 10.0 Å². The highest BCUT2D eigenvalue weighted by Crippen LogP contribution is 2.08. The average molecular weight is 190 g/mol. The van der Waals surface area contributed by atoms with Gasteiger partial charge in [0.05, 0.1) is 6.10 Å². The Morgan fingerprint density at radius 2 is 2.23 bits per heavy atom. The number of piperazine rings is 1. The molecule has 13 heavy (non-hydrogen) atoms. The van der Waals surface area contributed by atoms with Crippen molar-refractivity contribution in [2.75, 3.05) is 39.9 Å². The van der Waals surface area contributed by atoms with Crippen LogP contribution < -0.4 is 0 Å². The Labute approximate surface area is 79.1 Å². The lowest BCUT2D eigenvalue weighted by Crippen LogP contribution is -2.52. The van der Waals surface area contributed by atoms with Crippen molar-refractivity contribution in [3.05, 3.63) is 0 Å². The summed E-state index contributed by atoms with van der Waals surface area (Å²) in [6.45, 7) is 4.86. The van der Waals surface area contributed by atoms with Gasteiger partial charge in [-0.3, -0.25) is 4.90 Å². The molecule has 0 aromatic heterocycles. The summed E-state index contributed by atoms with van der Waals surface area (Å²) in [5.41, 5.74) is 0. The van der Waals surface area contributed by atoms with Crippen molar-refractivity contribution in [2.45, 2.75) is 19.1 Å². The number of alkyl halides is 1. The number of β-amino-alcohol motifs (C(OH)–C–C–N with tert-alkyl or cyclic N) is 1. The Bertz CT molecular complexity index is 157. The van der Waals surface area contributed by atoms with Crippen molar-refractivity contribution >= 4 is 0 Å². The molecule has 4 heteroatoms. The Hall–Kier alpha value is -0.190. The first-order valence-corrected chi connectivity index (χ1v) is 4.80. The molecular weight excluding hydrogens is 171 g/mol. The van der Waals surface area contributed by atoms with Crippen LogP contribution in [-0.4, -0.2) is 67.0 Å². The highest BCUT2D eigenvalue weighted by molar-refractivity contribution is 4.78. The molecule has 0 amide bonds. The molecule has 0 aromatic carbocycles. The Balaban J connectivity index is 2.33. The summed E-state index contributed by atoms with van der Waals surface area (Å²) in [7, 11) is 2.08. The summed E-state index contributed by atoms with van der Waals surface area (Å²) >= 11 is 0. The SMILES string of the molecule is CC1CN(C)CCN1CC(O)CF. The van der Waals surface area contributed by atoms with Gasteiger partial charge in [-0.15, -0.1) is 0 Å². The van der Waals surface area contributed by atoms with Crippen LogP contribution in [0.5, 0.6) is 0 Å². The maximum absolute atomic E-state index is 12.1. The van der Waals surface area contributed by atoms with E-state index in [-0.39, 0.29) is 0 Å². The molecule has 3 nitrogen and oxygen atoms in total. The van der Waals surface area contributed by atoms with Crippen molar-refractivity contribution in [3.63, 3.8) is 0 Å². The first-order valence-electron chi connectivity index (χ1n) is 4.80. The topological polar surface area (TPSA) is 26.7 Å². The van der Waals surface area contributed by atoms with Crippen LogP contribution in [0.3, 0.4) is 0 Å². The van der Waals surface area contributed by atoms with E-state index in [9.17, 15) is 4.39 Å². The predicted molar refractivity (Wildman–Crippen MR) is 50.5 cm³/mol. The van der Waals surface area contributed by atoms with Crippen LogP contribution in [0.25, 0.3) is 0 Å². The molecule has 0 bridgehead atoms. The van der Waals surface area contributed by atoms with Crippen molar-refractivity contribution in [1.29, 1.82) is 0 Å². The number of likely N-dealkylation sites (N-methyl/N-ethyl adjacent to an activating group) is 1. The van der Waals surface area contributed by atoms with E-state index in [0.29, 0.717) is 12.6 Å². The lowest BCUT2D eigenvalue weighted by molar-refractivity contribution is 0.0379. The summed E-state index contributed by atoms with van der Waals surface area (Å²) in [6, 6.07) is 0.417. The summed E-state index contributed by atoms with van der Waals surface area (Å²) in [5.74, 6) is 0. The highest BCUT2D eigenvalue weighted by Gasteiger charge is 2.22. The Kier molecular flexibility index (Phi) is 4.09. The predicted octanol–water partition coefficient (Wildman–Crippen LogP) is -0.0473. The zero-order valence-electron chi connectivity index (χ0n) is 8.41. The van der Waals surface area contributed by atoms with E-state index in [4.69, 9.17) is 5.11 Å². The molecule has 0 radical (unpaired) electrons. The van der Waals surface area contributed by atoms with E-state index in [0.717, 1.165) is 19.6 Å². The molecule has 1 rings (SSSR count). The third-order valence-corrected chi connectivity index (χ3v) is 2.59. The number of nitrogens with zero attached hydrogens (tertiary/aromatic N) is 2. The second-order valence-electron chi connectivity index (χ2n) is 3.91. The molecule has 1 fully saturated rings. The van der Waals surface area contributed by atoms with Crippen molar-refractivity contribution in [3.8, 4) is 0 Å². The molecule has 0 aliphatic carbocycles. The minimum atomic E-state index is -0.814. The molecule has 2 atom stereocenters. The Morgan fingerprint density at radius 1 is 1.54 bits per heavy atom. The lowest BCUT2D eigenvalue weighted by Gasteiger charge is -2.38. The first kappa shape index (κ1) is 10.9. The van der Waals surface area contributed by atoms with Gasteiger partial charge in [0.2, 0.25) is 0 Å². The van der Waals surface area contributed by atoms with Gasteiger partial charge >= 0.3 is 0 Å². The number of hydrogen-bond donors (Lipinski definition) is 1. The standard InChI is InChI=1S/C9H19FN2O/c1-8-6-11(2)3-4-12(8)7-9(13)5-10/h8-9,13H,3-7H2,1-2H3. The summed E-state index contributed by atoms with van der Waals surface area (Å²) in [4.78, 5) is 4.40. The van der Waals surface area contributed by atoms with E-state index in [1.165, 1.54) is 0 Å². The van der Waals surface area contributed by atoms with Crippen LogP contribution >= 0.6 is 0 Å². The molecular formula is C9H19FN2O. The summed E-state index contributed by atoms with van der Waals surface area (Å²) in [5, 5.41) is 9.16. The number of rotatable bonds is 3. The lowest BCUT2D eigenvalue weighted by atomic mass is 10.2. The van der Waals surface area contributed by atoms with Crippen LogP contribution in [0.2, 0.25) is 0 Å². The Morgan fingerprint density at radius 3 is 2.77 bits per heavy atom. The monoisotopic (exact) mass is 190 g/mol. The fraction of sp³-hybridized carbons (Fsp3) is 1.00. The van der Waals surface area contributed by atoms with Gasteiger partial charge in [0.1, 0.15) is 6.67 Å². The molecule has 1 heterocycles. The normalized spacial score (nSPS) is 29.1. The average Bonchev–Trinajstić information content (AvgIpc) is 2.09. The first-order chi connectivity index (χ1) is 6.13. The van der Waals surface area contributed by atoms with Gasteiger partial charge in [-0.05, 0) is 14.0 Å². The van der Waals surface area contributed by atoms with Crippen LogP contribution in [0.4, 0.5) is 4.39 Å². The zero-order valence-corrected chi connectivity index (χ0v) is 8.41. The molecule has 0 saturated carbocycles. The minimum absolute atomic E-state index is 0.417. The molecule has 1 aliphatic rings. The molecule has 1 saturated heterocycles. The van der Waals surface area contributed by atoms with Gasteiger partial charge in [0.25, 0.3) is 0 Å². The number of hydrogen-bond acceptors (Lipinski definition) is 3. The van der Waals surface area contributed by atoms with E-state index in [2.05, 4.69) is 23.8 Å². The van der Waals surface area contributed by atoms with E-state index < -0.39 is 12.8 Å². The number of aliphatic hydroxyl groups excluding tert-OH is 1. The maximum Gasteiger partial charge on any atom is 0.117 e. The summed E-state index contributed by atoms with van der Waals surface area (Å²) < 4.78 is 12.1. The van der Waals surface area contributed by atoms with Gasteiger partial charge in [-0.25, -0.2) is 4.39 Å². The fourth-order valence-electron chi connectivity index (χ4n) is 1.77. The smallest absolute Gasteiger partial charge is 0.117 e. The molecule has 78 valence electrons. The quantitative estimate of drug-likeness (QED) is 0.676. The van der Waals surface area contributed by atoms with Crippen molar-refractivity contribution < 1.29 is 9.50 Å². The van der Waals surface area contributed by atoms with E-state index in [1.807, 2.05) is 0 Å². The molecule has 0 aromatic rings. The second-order valence-corrected chi connectivity index (χ2v) is 3.91. The maximum atomic E-state index is 12.1. The zero-order chi connectivity index (χ0) is 9.84. The third-order valence-electron chi connectivity index (χ3n) is 2.59. The third kappa shape index (κ3) is 3.21. The fourth-order valence-corrected chi connectivity index (χ4v) is 1.77. The molecule has 1 N–H and O–H groups in total. The molecule has 1 aliphatic heterocycles. The van der Waals surface area contributed by atoms with Gasteiger partial charge in [-0.1, -0.05) is 0 Å².